The van der Waals surface area contributed by atoms with Crippen molar-refractivity contribution in [3.63, 3.8) is 0 Å². The van der Waals surface area contributed by atoms with Gasteiger partial charge in [0.1, 0.15) is 0 Å². The lowest BCUT2D eigenvalue weighted by Gasteiger charge is -2.08. The lowest BCUT2D eigenvalue weighted by Crippen LogP contribution is -2.24. The molecule has 1 aromatic heterocycles. The summed E-state index contributed by atoms with van der Waals surface area (Å²) in [4.78, 5) is 36.6. The lowest BCUT2D eigenvalue weighted by molar-refractivity contribution is 0.0469. The first-order valence-corrected chi connectivity index (χ1v) is 8.18. The summed E-state index contributed by atoms with van der Waals surface area (Å²) in [5.74, 6) is -1.08. The highest BCUT2D eigenvalue weighted by Crippen LogP contribution is 2.15. The fourth-order valence-electron chi connectivity index (χ4n) is 2.40. The van der Waals surface area contributed by atoms with Crippen molar-refractivity contribution in [2.75, 3.05) is 6.61 Å². The number of ether oxygens (including phenoxy) is 1. The van der Waals surface area contributed by atoms with E-state index in [4.69, 9.17) is 4.74 Å². The number of ketones is 1. The van der Waals surface area contributed by atoms with Crippen LogP contribution in [0.2, 0.25) is 0 Å². The summed E-state index contributed by atoms with van der Waals surface area (Å²) in [6.07, 6.45) is 0. The monoisotopic (exact) mass is 400 g/mol. The number of aromatic nitrogens is 2. The quantitative estimate of drug-likeness (QED) is 0.496. The number of carbonyl (C=O) groups excluding carboxylic acids is 2. The summed E-state index contributed by atoms with van der Waals surface area (Å²) >= 11 is 3.29. The first kappa shape index (κ1) is 17.0. The van der Waals surface area contributed by atoms with Crippen molar-refractivity contribution in [3.05, 3.63) is 74.6 Å². The fourth-order valence-corrected chi connectivity index (χ4v) is 2.79. The van der Waals surface area contributed by atoms with Crippen molar-refractivity contribution in [1.82, 2.24) is 9.78 Å². The number of Topliss-reactive ketones (excluding diaryl/α,β-unsaturated/α-hetero) is 1. The normalized spacial score (nSPS) is 10.6. The van der Waals surface area contributed by atoms with Gasteiger partial charge >= 0.3 is 5.97 Å². The van der Waals surface area contributed by atoms with Gasteiger partial charge in [-0.3, -0.25) is 9.59 Å². The number of rotatable bonds is 4. The van der Waals surface area contributed by atoms with E-state index in [0.29, 0.717) is 16.3 Å². The van der Waals surface area contributed by atoms with Crippen LogP contribution in [-0.4, -0.2) is 28.1 Å². The molecule has 0 aliphatic heterocycles. The van der Waals surface area contributed by atoms with E-state index in [0.717, 1.165) is 9.15 Å². The standard InChI is InChI=1S/C18H13BrN2O4/c1-21-17(23)14-8-3-2-7-13(14)16(20-21)18(24)25-10-15(22)11-5-4-6-12(19)9-11/h2-9H,10H2,1H3. The van der Waals surface area contributed by atoms with Gasteiger partial charge in [-0.15, -0.1) is 0 Å². The van der Waals surface area contributed by atoms with E-state index in [1.54, 1.807) is 48.5 Å². The molecule has 0 unspecified atom stereocenters. The third-order valence-corrected chi connectivity index (χ3v) is 4.12. The van der Waals surface area contributed by atoms with Crippen LogP contribution >= 0.6 is 15.9 Å². The van der Waals surface area contributed by atoms with Gasteiger partial charge in [0.05, 0.1) is 5.39 Å². The van der Waals surface area contributed by atoms with Crippen LogP contribution in [0.1, 0.15) is 20.8 Å². The van der Waals surface area contributed by atoms with Gasteiger partial charge in [0.2, 0.25) is 0 Å². The highest BCUT2D eigenvalue weighted by atomic mass is 79.9. The topological polar surface area (TPSA) is 78.3 Å². The third-order valence-electron chi connectivity index (χ3n) is 3.63. The largest absolute Gasteiger partial charge is 0.452 e. The fraction of sp³-hybridized carbons (Fsp3) is 0.111. The van der Waals surface area contributed by atoms with Gasteiger partial charge < -0.3 is 4.74 Å². The van der Waals surface area contributed by atoms with Crippen molar-refractivity contribution in [3.8, 4) is 0 Å². The zero-order chi connectivity index (χ0) is 18.0. The number of carbonyl (C=O) groups is 2. The van der Waals surface area contributed by atoms with Crippen LogP contribution in [-0.2, 0) is 11.8 Å². The van der Waals surface area contributed by atoms with Crippen molar-refractivity contribution in [2.45, 2.75) is 0 Å². The van der Waals surface area contributed by atoms with E-state index >= 15 is 0 Å². The summed E-state index contributed by atoms with van der Waals surface area (Å²) in [7, 11) is 1.46. The number of aryl methyl sites for hydroxylation is 1. The van der Waals surface area contributed by atoms with Crippen molar-refractivity contribution < 1.29 is 14.3 Å². The van der Waals surface area contributed by atoms with Crippen LogP contribution in [0, 0.1) is 0 Å². The second-order valence-electron chi connectivity index (χ2n) is 5.33. The summed E-state index contributed by atoms with van der Waals surface area (Å²) in [5, 5.41) is 4.74. The summed E-state index contributed by atoms with van der Waals surface area (Å²) < 4.78 is 6.94. The molecule has 0 amide bonds. The number of fused-ring (bicyclic) bond motifs is 1. The summed E-state index contributed by atoms with van der Waals surface area (Å²) in [6, 6.07) is 13.4. The number of nitrogens with zero attached hydrogens (tertiary/aromatic N) is 2. The second-order valence-corrected chi connectivity index (χ2v) is 6.25. The lowest BCUT2D eigenvalue weighted by atomic mass is 10.1. The minimum Gasteiger partial charge on any atom is -0.452 e. The number of benzene rings is 2. The highest BCUT2D eigenvalue weighted by molar-refractivity contribution is 9.10. The number of hydrogen-bond acceptors (Lipinski definition) is 5. The van der Waals surface area contributed by atoms with Crippen LogP contribution in [0.3, 0.4) is 0 Å². The number of halogens is 1. The maximum absolute atomic E-state index is 12.4. The van der Waals surface area contributed by atoms with Crippen LogP contribution in [0.15, 0.2) is 57.8 Å². The Kier molecular flexibility index (Phi) is 4.76. The molecule has 3 aromatic rings. The molecule has 126 valence electrons. The molecule has 0 radical (unpaired) electrons. The smallest absolute Gasteiger partial charge is 0.359 e. The van der Waals surface area contributed by atoms with Crippen molar-refractivity contribution in [1.29, 1.82) is 0 Å². The molecule has 0 atom stereocenters. The maximum atomic E-state index is 12.4. The molecule has 3 rings (SSSR count). The van der Waals surface area contributed by atoms with E-state index in [9.17, 15) is 14.4 Å². The minimum absolute atomic E-state index is 0.000239. The molecule has 25 heavy (non-hydrogen) atoms. The van der Waals surface area contributed by atoms with Gasteiger partial charge in [0, 0.05) is 22.5 Å². The zero-order valence-corrected chi connectivity index (χ0v) is 14.8. The predicted octanol–water partition coefficient (Wildman–Crippen LogP) is 2.74. The minimum atomic E-state index is -0.754. The Labute approximate surface area is 151 Å². The molecule has 7 heteroatoms. The number of esters is 1. The van der Waals surface area contributed by atoms with Gasteiger partial charge in [-0.2, -0.15) is 5.10 Å². The maximum Gasteiger partial charge on any atom is 0.359 e. The average Bonchev–Trinajstić information content (AvgIpc) is 2.62. The second kappa shape index (κ2) is 6.98. The highest BCUT2D eigenvalue weighted by Gasteiger charge is 2.18. The summed E-state index contributed by atoms with van der Waals surface area (Å²) in [5.41, 5.74) is 0.123. The van der Waals surface area contributed by atoms with E-state index in [-0.39, 0.29) is 17.0 Å². The van der Waals surface area contributed by atoms with E-state index in [2.05, 4.69) is 21.0 Å². The molecular formula is C18H13BrN2O4. The molecule has 0 fully saturated rings. The molecule has 0 N–H and O–H groups in total. The third kappa shape index (κ3) is 3.51. The van der Waals surface area contributed by atoms with Gasteiger partial charge in [-0.05, 0) is 18.2 Å². The molecule has 0 spiro atoms. The molecule has 0 saturated heterocycles. The first-order chi connectivity index (χ1) is 12.0. The Hall–Kier alpha value is -2.80. The van der Waals surface area contributed by atoms with Gasteiger partial charge in [-0.25, -0.2) is 9.48 Å². The van der Waals surface area contributed by atoms with E-state index in [1.165, 1.54) is 7.05 Å². The van der Waals surface area contributed by atoms with Crippen molar-refractivity contribution in [2.24, 2.45) is 7.05 Å². The average molecular weight is 401 g/mol. The first-order valence-electron chi connectivity index (χ1n) is 7.39. The number of hydrogen-bond donors (Lipinski definition) is 0. The SMILES string of the molecule is Cn1nc(C(=O)OCC(=O)c2cccc(Br)c2)c2ccccc2c1=O. The van der Waals surface area contributed by atoms with Gasteiger partial charge in [0.15, 0.2) is 18.1 Å². The molecule has 0 aliphatic carbocycles. The Bertz CT molecular complexity index is 1040. The molecule has 1 heterocycles. The Morgan fingerprint density at radius 2 is 1.84 bits per heavy atom. The molecule has 6 nitrogen and oxygen atoms in total. The van der Waals surface area contributed by atoms with Crippen LogP contribution in [0.4, 0.5) is 0 Å². The van der Waals surface area contributed by atoms with Crippen LogP contribution in [0.25, 0.3) is 10.8 Å². The summed E-state index contributed by atoms with van der Waals surface area (Å²) in [6.45, 7) is -0.409. The van der Waals surface area contributed by atoms with E-state index < -0.39 is 12.6 Å². The Balaban J connectivity index is 1.85. The Morgan fingerprint density at radius 3 is 2.56 bits per heavy atom. The molecule has 0 bridgehead atoms. The van der Waals surface area contributed by atoms with Gasteiger partial charge in [-0.1, -0.05) is 46.3 Å². The molecular weight excluding hydrogens is 388 g/mol. The molecule has 0 saturated carbocycles. The zero-order valence-electron chi connectivity index (χ0n) is 13.2. The van der Waals surface area contributed by atoms with E-state index in [1.807, 2.05) is 0 Å². The molecule has 0 aliphatic rings. The molecule has 2 aromatic carbocycles. The predicted molar refractivity (Wildman–Crippen MR) is 95.7 cm³/mol. The van der Waals surface area contributed by atoms with Crippen LogP contribution < -0.4 is 5.56 Å². The van der Waals surface area contributed by atoms with Gasteiger partial charge in [0.25, 0.3) is 5.56 Å². The van der Waals surface area contributed by atoms with Crippen LogP contribution in [0.5, 0.6) is 0 Å². The Morgan fingerprint density at radius 1 is 1.12 bits per heavy atom. The van der Waals surface area contributed by atoms with Crippen molar-refractivity contribution >= 4 is 38.5 Å².